The van der Waals surface area contributed by atoms with Gasteiger partial charge in [-0.25, -0.2) is 4.68 Å². The third-order valence-electron chi connectivity index (χ3n) is 2.29. The molecule has 1 heterocycles. The van der Waals surface area contributed by atoms with Gasteiger partial charge in [0.05, 0.1) is 11.2 Å². The van der Waals surface area contributed by atoms with Crippen LogP contribution < -0.4 is 0 Å². The predicted octanol–water partition coefficient (Wildman–Crippen LogP) is 2.78. The van der Waals surface area contributed by atoms with Gasteiger partial charge in [0, 0.05) is 5.56 Å². The summed E-state index contributed by atoms with van der Waals surface area (Å²) in [6.07, 6.45) is 0. The highest BCUT2D eigenvalue weighted by Crippen LogP contribution is 2.32. The minimum Gasteiger partial charge on any atom is -0.493 e. The summed E-state index contributed by atoms with van der Waals surface area (Å²) < 4.78 is 1.69. The van der Waals surface area contributed by atoms with Crippen molar-refractivity contribution >= 4 is 0 Å². The van der Waals surface area contributed by atoms with Crippen LogP contribution in [-0.4, -0.2) is 14.9 Å². The Morgan fingerprint density at radius 2 is 1.79 bits per heavy atom. The molecule has 14 heavy (non-hydrogen) atoms. The van der Waals surface area contributed by atoms with Crippen LogP contribution in [0.4, 0.5) is 0 Å². The predicted molar refractivity (Wildman–Crippen MR) is 57.7 cm³/mol. The normalized spacial score (nSPS) is 12.5. The molecule has 0 unspecified atom stereocenters. The standard InChI is InChI=1S/C11H20N2O/c1-7(2)9-8(3)12-13(10(9)14)11(4,5)6/h7,14H,1-6H3. The molecule has 1 aromatic heterocycles. The van der Waals surface area contributed by atoms with Gasteiger partial charge in [-0.1, -0.05) is 13.8 Å². The lowest BCUT2D eigenvalue weighted by molar-refractivity contribution is 0.292. The number of aryl methyl sites for hydroxylation is 1. The summed E-state index contributed by atoms with van der Waals surface area (Å²) in [5.41, 5.74) is 1.72. The van der Waals surface area contributed by atoms with Gasteiger partial charge in [-0.05, 0) is 33.6 Å². The number of nitrogens with zero attached hydrogens (tertiary/aromatic N) is 2. The minimum absolute atomic E-state index is 0.165. The first-order chi connectivity index (χ1) is 6.25. The molecule has 1 rings (SSSR count). The summed E-state index contributed by atoms with van der Waals surface area (Å²) in [4.78, 5) is 0. The summed E-state index contributed by atoms with van der Waals surface area (Å²) in [5, 5.41) is 14.4. The van der Waals surface area contributed by atoms with Gasteiger partial charge >= 0.3 is 0 Å². The molecule has 0 bridgehead atoms. The molecule has 0 radical (unpaired) electrons. The Hall–Kier alpha value is -0.990. The first kappa shape index (κ1) is 11.1. The summed E-state index contributed by atoms with van der Waals surface area (Å²) in [7, 11) is 0. The van der Waals surface area contributed by atoms with Crippen LogP contribution in [0.1, 0.15) is 51.8 Å². The van der Waals surface area contributed by atoms with E-state index in [-0.39, 0.29) is 5.54 Å². The van der Waals surface area contributed by atoms with Crippen LogP contribution in [0.2, 0.25) is 0 Å². The summed E-state index contributed by atoms with van der Waals surface area (Å²) >= 11 is 0. The SMILES string of the molecule is Cc1nn(C(C)(C)C)c(O)c1C(C)C. The van der Waals surface area contributed by atoms with E-state index >= 15 is 0 Å². The molecule has 0 aromatic carbocycles. The smallest absolute Gasteiger partial charge is 0.213 e. The van der Waals surface area contributed by atoms with E-state index in [0.29, 0.717) is 11.8 Å². The zero-order valence-electron chi connectivity index (χ0n) is 9.92. The van der Waals surface area contributed by atoms with Crippen molar-refractivity contribution < 1.29 is 5.11 Å². The van der Waals surface area contributed by atoms with Crippen LogP contribution in [0.5, 0.6) is 5.88 Å². The zero-order chi connectivity index (χ0) is 11.1. The van der Waals surface area contributed by atoms with Gasteiger partial charge in [-0.15, -0.1) is 0 Å². The van der Waals surface area contributed by atoms with Crippen LogP contribution in [0.15, 0.2) is 0 Å². The molecule has 0 fully saturated rings. The first-order valence-corrected chi connectivity index (χ1v) is 5.04. The molecule has 0 amide bonds. The van der Waals surface area contributed by atoms with Gasteiger partial charge < -0.3 is 5.11 Å². The Morgan fingerprint density at radius 3 is 2.00 bits per heavy atom. The Kier molecular flexibility index (Phi) is 2.61. The van der Waals surface area contributed by atoms with Crippen LogP contribution in [0, 0.1) is 6.92 Å². The fraction of sp³-hybridized carbons (Fsp3) is 0.727. The van der Waals surface area contributed by atoms with Crippen molar-refractivity contribution in [2.24, 2.45) is 0 Å². The molecule has 0 spiro atoms. The van der Waals surface area contributed by atoms with E-state index in [1.165, 1.54) is 0 Å². The molecular weight excluding hydrogens is 176 g/mol. The number of hydrogen-bond acceptors (Lipinski definition) is 2. The van der Waals surface area contributed by atoms with E-state index in [4.69, 9.17) is 0 Å². The average Bonchev–Trinajstić information content (AvgIpc) is 2.24. The molecule has 1 aromatic rings. The maximum Gasteiger partial charge on any atom is 0.213 e. The first-order valence-electron chi connectivity index (χ1n) is 5.04. The van der Waals surface area contributed by atoms with Crippen molar-refractivity contribution in [3.05, 3.63) is 11.3 Å². The lowest BCUT2D eigenvalue weighted by atomic mass is 10.0. The number of rotatable bonds is 1. The van der Waals surface area contributed by atoms with Crippen molar-refractivity contribution in [2.45, 2.75) is 53.0 Å². The highest BCUT2D eigenvalue weighted by molar-refractivity contribution is 5.33. The Labute approximate surface area is 85.8 Å². The van der Waals surface area contributed by atoms with E-state index in [1.54, 1.807) is 4.68 Å². The van der Waals surface area contributed by atoms with E-state index in [9.17, 15) is 5.11 Å². The number of aromatic nitrogens is 2. The van der Waals surface area contributed by atoms with Crippen molar-refractivity contribution in [2.75, 3.05) is 0 Å². The van der Waals surface area contributed by atoms with Crippen molar-refractivity contribution in [3.8, 4) is 5.88 Å². The lowest BCUT2D eigenvalue weighted by Gasteiger charge is -2.20. The molecule has 0 aliphatic rings. The molecule has 0 aliphatic carbocycles. The second-order valence-corrected chi connectivity index (χ2v) is 5.06. The Bertz CT molecular complexity index is 332. The van der Waals surface area contributed by atoms with E-state index in [0.717, 1.165) is 11.3 Å². The maximum absolute atomic E-state index is 10.0. The molecule has 80 valence electrons. The molecule has 3 heteroatoms. The minimum atomic E-state index is -0.165. The highest BCUT2D eigenvalue weighted by Gasteiger charge is 2.24. The van der Waals surface area contributed by atoms with Gasteiger partial charge in [-0.3, -0.25) is 0 Å². The van der Waals surface area contributed by atoms with Gasteiger partial charge in [0.2, 0.25) is 5.88 Å². The van der Waals surface area contributed by atoms with Gasteiger partial charge in [-0.2, -0.15) is 5.10 Å². The van der Waals surface area contributed by atoms with Gasteiger partial charge in [0.1, 0.15) is 0 Å². The second kappa shape index (κ2) is 3.30. The monoisotopic (exact) mass is 196 g/mol. The average molecular weight is 196 g/mol. The number of aromatic hydroxyl groups is 1. The second-order valence-electron chi connectivity index (χ2n) is 5.06. The summed E-state index contributed by atoms with van der Waals surface area (Å²) in [5.74, 6) is 0.621. The molecule has 0 saturated carbocycles. The lowest BCUT2D eigenvalue weighted by Crippen LogP contribution is -2.22. The van der Waals surface area contributed by atoms with E-state index < -0.39 is 0 Å². The van der Waals surface area contributed by atoms with Gasteiger partial charge in [0.25, 0.3) is 0 Å². The quantitative estimate of drug-likeness (QED) is 0.750. The molecular formula is C11H20N2O. The third-order valence-corrected chi connectivity index (χ3v) is 2.29. The Morgan fingerprint density at radius 1 is 1.29 bits per heavy atom. The summed E-state index contributed by atoms with van der Waals surface area (Å²) in [6, 6.07) is 0. The van der Waals surface area contributed by atoms with Crippen molar-refractivity contribution in [3.63, 3.8) is 0 Å². The number of hydrogen-bond donors (Lipinski definition) is 1. The Balaban J connectivity index is 3.31. The van der Waals surface area contributed by atoms with Crippen LogP contribution >= 0.6 is 0 Å². The molecule has 1 N–H and O–H groups in total. The molecule has 3 nitrogen and oxygen atoms in total. The molecule has 0 saturated heterocycles. The largest absolute Gasteiger partial charge is 0.493 e. The topological polar surface area (TPSA) is 38.0 Å². The van der Waals surface area contributed by atoms with E-state index in [1.807, 2.05) is 27.7 Å². The van der Waals surface area contributed by atoms with Crippen molar-refractivity contribution in [1.82, 2.24) is 9.78 Å². The van der Waals surface area contributed by atoms with Crippen molar-refractivity contribution in [1.29, 1.82) is 0 Å². The van der Waals surface area contributed by atoms with Crippen LogP contribution in [-0.2, 0) is 5.54 Å². The highest BCUT2D eigenvalue weighted by atomic mass is 16.3. The van der Waals surface area contributed by atoms with Crippen LogP contribution in [0.3, 0.4) is 0 Å². The van der Waals surface area contributed by atoms with E-state index in [2.05, 4.69) is 18.9 Å². The molecule has 0 atom stereocenters. The fourth-order valence-electron chi connectivity index (χ4n) is 1.67. The summed E-state index contributed by atoms with van der Waals surface area (Å²) in [6.45, 7) is 12.2. The zero-order valence-corrected chi connectivity index (χ0v) is 9.92. The maximum atomic E-state index is 10.0. The fourth-order valence-corrected chi connectivity index (χ4v) is 1.67. The molecule has 0 aliphatic heterocycles. The van der Waals surface area contributed by atoms with Gasteiger partial charge in [0.15, 0.2) is 0 Å². The van der Waals surface area contributed by atoms with Crippen LogP contribution in [0.25, 0.3) is 0 Å². The third kappa shape index (κ3) is 1.76.